The first-order valence-corrected chi connectivity index (χ1v) is 13.7. The molecule has 0 saturated heterocycles. The molecular weight excluding hydrogens is 490 g/mol. The highest BCUT2D eigenvalue weighted by Crippen LogP contribution is 2.30. The number of carbonyl (C=O) groups is 4. The second kappa shape index (κ2) is 17.5. The average Bonchev–Trinajstić information content (AvgIpc) is 2.86. The molecule has 0 radical (unpaired) electrons. The maximum atomic E-state index is 12.5. The fourth-order valence-electron chi connectivity index (χ4n) is 3.47. The molecule has 0 heterocycles. The summed E-state index contributed by atoms with van der Waals surface area (Å²) in [5, 5.41) is 12.7. The molecule has 0 fully saturated rings. The fraction of sp³-hybridized carbons (Fsp3) is 0.655. The molecule has 0 aliphatic rings. The Morgan fingerprint density at radius 3 is 1.97 bits per heavy atom. The molecule has 0 aliphatic heterocycles. The third-order valence-electron chi connectivity index (χ3n) is 6.34. The molecular formula is C29H45NO8. The Hall–Kier alpha value is -2.94. The number of esters is 3. The molecule has 1 rings (SSSR count). The van der Waals surface area contributed by atoms with Crippen molar-refractivity contribution in [3.05, 3.63) is 23.8 Å². The minimum atomic E-state index is -1.08. The van der Waals surface area contributed by atoms with Gasteiger partial charge in [0.15, 0.2) is 11.5 Å². The summed E-state index contributed by atoms with van der Waals surface area (Å²) in [7, 11) is 0. The van der Waals surface area contributed by atoms with Crippen molar-refractivity contribution in [1.29, 1.82) is 0 Å². The van der Waals surface area contributed by atoms with Crippen LogP contribution in [0.5, 0.6) is 11.5 Å². The maximum absolute atomic E-state index is 12.5. The van der Waals surface area contributed by atoms with Gasteiger partial charge in [-0.25, -0.2) is 0 Å². The molecule has 4 atom stereocenters. The van der Waals surface area contributed by atoms with Crippen LogP contribution in [-0.4, -0.2) is 47.7 Å². The van der Waals surface area contributed by atoms with E-state index in [-0.39, 0.29) is 55.1 Å². The van der Waals surface area contributed by atoms with Crippen molar-refractivity contribution >= 4 is 23.9 Å². The van der Waals surface area contributed by atoms with E-state index in [0.29, 0.717) is 12.0 Å². The Balaban J connectivity index is 3.00. The van der Waals surface area contributed by atoms with Crippen molar-refractivity contribution in [3.63, 3.8) is 0 Å². The highest BCUT2D eigenvalue weighted by molar-refractivity contribution is 5.77. The van der Waals surface area contributed by atoms with E-state index in [0.717, 1.165) is 25.7 Å². The fourth-order valence-corrected chi connectivity index (χ4v) is 3.47. The minimum absolute atomic E-state index is 0.0723. The molecule has 9 heteroatoms. The van der Waals surface area contributed by atoms with E-state index < -0.39 is 30.1 Å². The quantitative estimate of drug-likeness (QED) is 0.195. The summed E-state index contributed by atoms with van der Waals surface area (Å²) < 4.78 is 16.4. The lowest BCUT2D eigenvalue weighted by molar-refractivity contribution is -0.148. The van der Waals surface area contributed by atoms with E-state index in [9.17, 15) is 24.3 Å². The molecule has 214 valence electrons. The van der Waals surface area contributed by atoms with Gasteiger partial charge in [-0.15, -0.1) is 0 Å². The van der Waals surface area contributed by atoms with Gasteiger partial charge in [0.25, 0.3) is 0 Å². The third kappa shape index (κ3) is 13.0. The Morgan fingerprint density at radius 2 is 1.45 bits per heavy atom. The van der Waals surface area contributed by atoms with Crippen LogP contribution in [-0.2, 0) is 30.3 Å². The number of hydrogen-bond acceptors (Lipinski definition) is 8. The van der Waals surface area contributed by atoms with Crippen molar-refractivity contribution in [2.45, 2.75) is 105 Å². The normalized spacial score (nSPS) is 14.2. The highest BCUT2D eigenvalue weighted by atomic mass is 16.6. The van der Waals surface area contributed by atoms with Crippen LogP contribution in [0.4, 0.5) is 0 Å². The second-order valence-corrected chi connectivity index (χ2v) is 10.1. The lowest BCUT2D eigenvalue weighted by Crippen LogP contribution is -2.42. The van der Waals surface area contributed by atoms with E-state index in [1.54, 1.807) is 13.0 Å². The number of unbranched alkanes of at least 4 members (excludes halogenated alkanes) is 1. The lowest BCUT2D eigenvalue weighted by atomic mass is 10.0. The second-order valence-electron chi connectivity index (χ2n) is 10.1. The number of rotatable bonds is 18. The molecule has 0 aliphatic carbocycles. The molecule has 0 saturated carbocycles. The molecule has 2 N–H and O–H groups in total. The predicted octanol–water partition coefficient (Wildman–Crippen LogP) is 5.08. The van der Waals surface area contributed by atoms with Crippen LogP contribution in [0.3, 0.4) is 0 Å². The van der Waals surface area contributed by atoms with Gasteiger partial charge in [-0.1, -0.05) is 59.9 Å². The van der Waals surface area contributed by atoms with Gasteiger partial charge < -0.3 is 24.6 Å². The third-order valence-corrected chi connectivity index (χ3v) is 6.34. The van der Waals surface area contributed by atoms with Crippen LogP contribution in [0.25, 0.3) is 0 Å². The molecule has 0 spiro atoms. The van der Waals surface area contributed by atoms with Gasteiger partial charge in [0.1, 0.15) is 12.1 Å². The number of hydrogen-bond donors (Lipinski definition) is 2. The van der Waals surface area contributed by atoms with Gasteiger partial charge in [-0.05, 0) is 49.3 Å². The summed E-state index contributed by atoms with van der Waals surface area (Å²) >= 11 is 0. The Kier molecular flexibility index (Phi) is 15.3. The van der Waals surface area contributed by atoms with Crippen LogP contribution < -0.4 is 14.8 Å². The minimum Gasteiger partial charge on any atom is -0.480 e. The van der Waals surface area contributed by atoms with E-state index in [1.165, 1.54) is 12.1 Å². The first-order chi connectivity index (χ1) is 18.0. The standard InChI is InChI=1S/C29H45NO8/c1-7-10-11-26(31)36-21(6)18-30-23(29(34)35)16-22-12-13-24(37-27(32)14-19(4)8-2)25(17-22)38-28(33)15-20(5)9-3/h12-13,17,19-21,23,30H,7-11,14-16,18H2,1-6H3,(H,34,35)/t19?,20?,21?,23-/m0/s1. The molecule has 0 aromatic heterocycles. The Morgan fingerprint density at radius 1 is 0.868 bits per heavy atom. The summed E-state index contributed by atoms with van der Waals surface area (Å²) in [6.45, 7) is 11.7. The van der Waals surface area contributed by atoms with Gasteiger partial charge in [0.05, 0.1) is 0 Å². The number of carboxylic acids is 1. The number of benzene rings is 1. The van der Waals surface area contributed by atoms with Crippen LogP contribution in [0.15, 0.2) is 18.2 Å². The largest absolute Gasteiger partial charge is 0.480 e. The molecule has 3 unspecified atom stereocenters. The van der Waals surface area contributed by atoms with Crippen LogP contribution in [0, 0.1) is 11.8 Å². The van der Waals surface area contributed by atoms with Crippen molar-refractivity contribution < 1.29 is 38.5 Å². The number of carboxylic acid groups (broad SMARTS) is 1. The molecule has 9 nitrogen and oxygen atoms in total. The van der Waals surface area contributed by atoms with E-state index >= 15 is 0 Å². The van der Waals surface area contributed by atoms with Crippen molar-refractivity contribution in [2.24, 2.45) is 11.8 Å². The van der Waals surface area contributed by atoms with Crippen molar-refractivity contribution in [1.82, 2.24) is 5.32 Å². The van der Waals surface area contributed by atoms with Gasteiger partial charge in [0.2, 0.25) is 0 Å². The number of carbonyl (C=O) groups excluding carboxylic acids is 3. The van der Waals surface area contributed by atoms with E-state index in [2.05, 4.69) is 5.32 Å². The van der Waals surface area contributed by atoms with E-state index in [4.69, 9.17) is 14.2 Å². The summed E-state index contributed by atoms with van der Waals surface area (Å²) in [5.41, 5.74) is 0.575. The highest BCUT2D eigenvalue weighted by Gasteiger charge is 2.22. The monoisotopic (exact) mass is 535 g/mol. The van der Waals surface area contributed by atoms with Gasteiger partial charge in [0, 0.05) is 25.8 Å². The molecule has 0 bridgehead atoms. The first-order valence-electron chi connectivity index (χ1n) is 13.7. The number of nitrogens with one attached hydrogen (secondary N) is 1. The molecule has 1 aromatic carbocycles. The van der Waals surface area contributed by atoms with Crippen molar-refractivity contribution in [3.8, 4) is 11.5 Å². The number of ether oxygens (including phenoxy) is 3. The van der Waals surface area contributed by atoms with Crippen LogP contribution in [0.1, 0.15) is 92.1 Å². The zero-order valence-electron chi connectivity index (χ0n) is 23.7. The summed E-state index contributed by atoms with van der Waals surface area (Å²) in [6, 6.07) is 3.72. The summed E-state index contributed by atoms with van der Waals surface area (Å²) in [6.07, 6.45) is 3.59. The first kappa shape index (κ1) is 33.1. The lowest BCUT2D eigenvalue weighted by Gasteiger charge is -2.19. The number of aliphatic carboxylic acids is 1. The van der Waals surface area contributed by atoms with Gasteiger partial charge >= 0.3 is 23.9 Å². The van der Waals surface area contributed by atoms with Gasteiger partial charge in [-0.2, -0.15) is 0 Å². The zero-order valence-corrected chi connectivity index (χ0v) is 23.7. The van der Waals surface area contributed by atoms with Crippen LogP contribution >= 0.6 is 0 Å². The van der Waals surface area contributed by atoms with E-state index in [1.807, 2.05) is 34.6 Å². The Bertz CT molecular complexity index is 916. The molecule has 38 heavy (non-hydrogen) atoms. The summed E-state index contributed by atoms with van der Waals surface area (Å²) in [5.74, 6) is -1.80. The maximum Gasteiger partial charge on any atom is 0.321 e. The van der Waals surface area contributed by atoms with Crippen LogP contribution in [0.2, 0.25) is 0 Å². The molecule has 1 aromatic rings. The summed E-state index contributed by atoms with van der Waals surface area (Å²) in [4.78, 5) is 48.6. The SMILES string of the molecule is CCCCC(=O)OC(C)CN[C@@H](Cc1ccc(OC(=O)CC(C)CC)c(OC(=O)CC(C)CC)c1)C(=O)O. The van der Waals surface area contributed by atoms with Crippen molar-refractivity contribution in [2.75, 3.05) is 6.54 Å². The zero-order chi connectivity index (χ0) is 28.7. The smallest absolute Gasteiger partial charge is 0.321 e. The average molecular weight is 536 g/mol. The predicted molar refractivity (Wildman–Crippen MR) is 144 cm³/mol. The Labute approximate surface area is 226 Å². The topological polar surface area (TPSA) is 128 Å². The van der Waals surface area contributed by atoms with Gasteiger partial charge in [-0.3, -0.25) is 19.2 Å². The molecule has 0 amide bonds.